The molecule has 0 aliphatic carbocycles. The van der Waals surface area contributed by atoms with Gasteiger partial charge in [-0.15, -0.1) is 0 Å². The summed E-state index contributed by atoms with van der Waals surface area (Å²) in [5.74, 6) is -0.764. The zero-order chi connectivity index (χ0) is 11.8. The third-order valence-corrected chi connectivity index (χ3v) is 2.37. The van der Waals surface area contributed by atoms with Crippen LogP contribution in [-0.4, -0.2) is 11.0 Å². The molecule has 0 aliphatic rings. The first-order valence-electron chi connectivity index (χ1n) is 4.56. The van der Waals surface area contributed by atoms with E-state index >= 15 is 0 Å². The molecule has 1 amide bonds. The van der Waals surface area contributed by atoms with Gasteiger partial charge in [0.2, 0.25) is 0 Å². The van der Waals surface area contributed by atoms with E-state index in [1.54, 1.807) is 6.07 Å². The lowest BCUT2D eigenvalue weighted by atomic mass is 9.85. The van der Waals surface area contributed by atoms with E-state index in [0.717, 1.165) is 0 Å². The van der Waals surface area contributed by atoms with Crippen molar-refractivity contribution in [1.29, 1.82) is 0 Å². The smallest absolute Gasteiger partial charge is 0.252 e. The summed E-state index contributed by atoms with van der Waals surface area (Å²) in [6.45, 7) is 5.76. The molecule has 3 N–H and O–H groups in total. The van der Waals surface area contributed by atoms with Crippen LogP contribution in [0.15, 0.2) is 12.1 Å². The first-order valence-corrected chi connectivity index (χ1v) is 4.94. The molecule has 0 heterocycles. The number of carbonyl (C=O) groups excluding carboxylic acids is 1. The van der Waals surface area contributed by atoms with Crippen molar-refractivity contribution >= 4 is 17.5 Å². The zero-order valence-electron chi connectivity index (χ0n) is 8.97. The number of halogens is 1. The maximum absolute atomic E-state index is 11.1. The summed E-state index contributed by atoms with van der Waals surface area (Å²) in [4.78, 5) is 11.1. The Hall–Kier alpha value is -1.22. The molecule has 0 aromatic heterocycles. The van der Waals surface area contributed by atoms with Crippen molar-refractivity contribution in [2.24, 2.45) is 5.73 Å². The maximum Gasteiger partial charge on any atom is 0.252 e. The standard InChI is InChI=1S/C11H14ClNO2/c1-11(2,3)8-5-6(12)4-7(9(8)14)10(13)15/h4-5,14H,1-3H3,(H2,13,15). The average Bonchev–Trinajstić information content (AvgIpc) is 2.06. The van der Waals surface area contributed by atoms with Gasteiger partial charge in [-0.25, -0.2) is 0 Å². The van der Waals surface area contributed by atoms with Crippen LogP contribution in [0.1, 0.15) is 36.7 Å². The van der Waals surface area contributed by atoms with E-state index < -0.39 is 5.91 Å². The topological polar surface area (TPSA) is 63.3 Å². The molecule has 0 aliphatic heterocycles. The molecule has 0 saturated carbocycles. The first kappa shape index (κ1) is 11.9. The molecule has 0 atom stereocenters. The van der Waals surface area contributed by atoms with Gasteiger partial charge in [-0.1, -0.05) is 32.4 Å². The van der Waals surface area contributed by atoms with Crippen LogP contribution in [0, 0.1) is 0 Å². The van der Waals surface area contributed by atoms with Gasteiger partial charge in [0.05, 0.1) is 5.56 Å². The third-order valence-electron chi connectivity index (χ3n) is 2.15. The molecule has 0 bridgehead atoms. The summed E-state index contributed by atoms with van der Waals surface area (Å²) in [6, 6.07) is 3.01. The molecule has 4 heteroatoms. The van der Waals surface area contributed by atoms with E-state index in [2.05, 4.69) is 0 Å². The Morgan fingerprint density at radius 1 is 1.40 bits per heavy atom. The normalized spacial score (nSPS) is 11.5. The first-order chi connectivity index (χ1) is 6.73. The molecule has 3 nitrogen and oxygen atoms in total. The van der Waals surface area contributed by atoms with Crippen LogP contribution in [0.4, 0.5) is 0 Å². The summed E-state index contributed by atoms with van der Waals surface area (Å²) in [6.07, 6.45) is 0. The van der Waals surface area contributed by atoms with Crippen LogP contribution in [0.2, 0.25) is 5.02 Å². The number of rotatable bonds is 1. The van der Waals surface area contributed by atoms with Crippen molar-refractivity contribution in [3.63, 3.8) is 0 Å². The largest absolute Gasteiger partial charge is 0.507 e. The van der Waals surface area contributed by atoms with Crippen LogP contribution in [0.3, 0.4) is 0 Å². The second-order valence-electron chi connectivity index (χ2n) is 4.46. The van der Waals surface area contributed by atoms with E-state index in [9.17, 15) is 9.90 Å². The highest BCUT2D eigenvalue weighted by Crippen LogP contribution is 2.35. The highest BCUT2D eigenvalue weighted by molar-refractivity contribution is 6.31. The summed E-state index contributed by atoms with van der Waals surface area (Å²) >= 11 is 5.85. The SMILES string of the molecule is CC(C)(C)c1cc(Cl)cc(C(N)=O)c1O. The van der Waals surface area contributed by atoms with E-state index in [1.165, 1.54) is 6.07 Å². The summed E-state index contributed by atoms with van der Waals surface area (Å²) in [5, 5.41) is 10.3. The van der Waals surface area contributed by atoms with E-state index in [1.807, 2.05) is 20.8 Å². The Balaban J connectivity index is 3.49. The van der Waals surface area contributed by atoms with Gasteiger partial charge in [-0.2, -0.15) is 0 Å². The van der Waals surface area contributed by atoms with Crippen LogP contribution >= 0.6 is 11.6 Å². The number of amides is 1. The summed E-state index contributed by atoms with van der Waals surface area (Å²) in [7, 11) is 0. The number of carbonyl (C=O) groups is 1. The van der Waals surface area contributed by atoms with Gasteiger partial charge >= 0.3 is 0 Å². The lowest BCUT2D eigenvalue weighted by molar-refractivity contribution is 0.0997. The van der Waals surface area contributed by atoms with Crippen LogP contribution in [0.25, 0.3) is 0 Å². The van der Waals surface area contributed by atoms with Gasteiger partial charge in [0, 0.05) is 10.6 Å². The average molecular weight is 228 g/mol. The monoisotopic (exact) mass is 227 g/mol. The van der Waals surface area contributed by atoms with Gasteiger partial charge in [0.15, 0.2) is 0 Å². The Kier molecular flexibility index (Phi) is 2.95. The third kappa shape index (κ3) is 2.42. The second-order valence-corrected chi connectivity index (χ2v) is 4.90. The van der Waals surface area contributed by atoms with Crippen LogP contribution < -0.4 is 5.73 Å². The molecule has 1 aromatic carbocycles. The predicted octanol–water partition coefficient (Wildman–Crippen LogP) is 2.44. The van der Waals surface area contributed by atoms with Crippen molar-refractivity contribution in [2.45, 2.75) is 26.2 Å². The second kappa shape index (κ2) is 3.74. The lowest BCUT2D eigenvalue weighted by Crippen LogP contribution is -2.16. The predicted molar refractivity (Wildman–Crippen MR) is 60.3 cm³/mol. The number of phenols is 1. The zero-order valence-corrected chi connectivity index (χ0v) is 9.72. The minimum absolute atomic E-state index is 0.0624. The molecule has 1 rings (SSSR count). The number of nitrogens with two attached hydrogens (primary N) is 1. The van der Waals surface area contributed by atoms with Gasteiger partial charge in [-0.3, -0.25) is 4.79 Å². The fraction of sp³-hybridized carbons (Fsp3) is 0.364. The number of hydrogen-bond donors (Lipinski definition) is 2. The van der Waals surface area contributed by atoms with Gasteiger partial charge in [0.25, 0.3) is 5.91 Å². The number of hydrogen-bond acceptors (Lipinski definition) is 2. The van der Waals surface area contributed by atoms with Crippen molar-refractivity contribution < 1.29 is 9.90 Å². The molecule has 1 aromatic rings. The number of primary amides is 1. The molecular formula is C11H14ClNO2. The Morgan fingerprint density at radius 2 is 1.93 bits per heavy atom. The minimum Gasteiger partial charge on any atom is -0.507 e. The molecule has 0 radical (unpaired) electrons. The Labute approximate surface area is 93.9 Å². The Morgan fingerprint density at radius 3 is 2.33 bits per heavy atom. The fourth-order valence-electron chi connectivity index (χ4n) is 1.36. The van der Waals surface area contributed by atoms with E-state index in [4.69, 9.17) is 17.3 Å². The van der Waals surface area contributed by atoms with Crippen molar-refractivity contribution in [3.05, 3.63) is 28.3 Å². The Bertz CT molecular complexity index is 408. The van der Waals surface area contributed by atoms with Crippen LogP contribution in [0.5, 0.6) is 5.75 Å². The van der Waals surface area contributed by atoms with Crippen LogP contribution in [-0.2, 0) is 5.41 Å². The molecular weight excluding hydrogens is 214 g/mol. The van der Waals surface area contributed by atoms with Gasteiger partial charge in [0.1, 0.15) is 5.75 Å². The molecule has 82 valence electrons. The van der Waals surface area contributed by atoms with Crippen molar-refractivity contribution in [1.82, 2.24) is 0 Å². The quantitative estimate of drug-likeness (QED) is 0.774. The molecule has 15 heavy (non-hydrogen) atoms. The summed E-state index contributed by atoms with van der Waals surface area (Å²) in [5.41, 5.74) is 5.52. The molecule has 0 spiro atoms. The van der Waals surface area contributed by atoms with Crippen molar-refractivity contribution in [3.8, 4) is 5.75 Å². The highest BCUT2D eigenvalue weighted by atomic mass is 35.5. The number of aromatic hydroxyl groups is 1. The van der Waals surface area contributed by atoms with E-state index in [-0.39, 0.29) is 16.7 Å². The molecule has 0 fully saturated rings. The maximum atomic E-state index is 11.1. The fourth-order valence-corrected chi connectivity index (χ4v) is 1.58. The van der Waals surface area contributed by atoms with E-state index in [0.29, 0.717) is 10.6 Å². The van der Waals surface area contributed by atoms with Crippen molar-refractivity contribution in [2.75, 3.05) is 0 Å². The van der Waals surface area contributed by atoms with Gasteiger partial charge < -0.3 is 10.8 Å². The molecule has 0 saturated heterocycles. The minimum atomic E-state index is -0.680. The highest BCUT2D eigenvalue weighted by Gasteiger charge is 2.22. The van der Waals surface area contributed by atoms with Gasteiger partial charge in [-0.05, 0) is 17.5 Å². The summed E-state index contributed by atoms with van der Waals surface area (Å²) < 4.78 is 0. The lowest BCUT2D eigenvalue weighted by Gasteiger charge is -2.21. The molecule has 0 unspecified atom stereocenters. The number of benzene rings is 1.